The Morgan fingerprint density at radius 3 is 2.14 bits per heavy atom. The van der Waals surface area contributed by atoms with Crippen molar-refractivity contribution >= 4 is 11.9 Å². The van der Waals surface area contributed by atoms with Gasteiger partial charge in [-0.05, 0) is 27.7 Å². The molecule has 14 heavy (non-hydrogen) atoms. The van der Waals surface area contributed by atoms with Gasteiger partial charge >= 0.3 is 35.7 Å². The monoisotopic (exact) mass is 213 g/mol. The number of hydrazone groups is 1. The summed E-state index contributed by atoms with van der Waals surface area (Å²) in [5.41, 5.74) is 6.81. The molecule has 6 nitrogen and oxygen atoms in total. The number of nitrogens with two attached hydrogens (primary N) is 1. The standard InChI is InChI=1S/C7H15N3O2.Na.H2O/c1-5(8)9-10-6(11)12-7(2,3)4;;/h1-4H3,(H2,8,9)(H,10,11);;1H2/q;+1;/p-1. The summed E-state index contributed by atoms with van der Waals surface area (Å²) in [5, 5.41) is 3.48. The number of carbonyl (C=O) groups is 1. The summed E-state index contributed by atoms with van der Waals surface area (Å²) >= 11 is 0. The second-order valence-electron chi connectivity index (χ2n) is 3.37. The van der Waals surface area contributed by atoms with Gasteiger partial charge in [-0.1, -0.05) is 0 Å². The Kier molecular flexibility index (Phi) is 11.1. The fourth-order valence-electron chi connectivity index (χ4n) is 0.435. The largest absolute Gasteiger partial charge is 1.00 e. The minimum Gasteiger partial charge on any atom is -0.870 e. The zero-order chi connectivity index (χ0) is 9.78. The van der Waals surface area contributed by atoms with Crippen LogP contribution < -0.4 is 40.7 Å². The zero-order valence-electron chi connectivity index (χ0n) is 9.29. The molecule has 0 heterocycles. The first-order valence-electron chi connectivity index (χ1n) is 3.60. The van der Waals surface area contributed by atoms with Crippen LogP contribution in [0.1, 0.15) is 27.7 Å². The Hall–Kier alpha value is -0.300. The topological polar surface area (TPSA) is 107 Å². The minimum absolute atomic E-state index is 0. The van der Waals surface area contributed by atoms with Gasteiger partial charge in [-0.15, -0.1) is 0 Å². The third kappa shape index (κ3) is 14.2. The van der Waals surface area contributed by atoms with E-state index < -0.39 is 11.7 Å². The molecule has 0 rings (SSSR count). The van der Waals surface area contributed by atoms with Crippen molar-refractivity contribution in [2.45, 2.75) is 33.3 Å². The van der Waals surface area contributed by atoms with E-state index in [0.29, 0.717) is 0 Å². The van der Waals surface area contributed by atoms with E-state index in [-0.39, 0.29) is 40.9 Å². The van der Waals surface area contributed by atoms with Crippen LogP contribution in [0, 0.1) is 0 Å². The summed E-state index contributed by atoms with van der Waals surface area (Å²) < 4.78 is 4.88. The summed E-state index contributed by atoms with van der Waals surface area (Å²) in [4.78, 5) is 10.9. The van der Waals surface area contributed by atoms with E-state index in [0.717, 1.165) is 0 Å². The zero-order valence-corrected chi connectivity index (χ0v) is 11.3. The average Bonchev–Trinajstić information content (AvgIpc) is 1.79. The predicted molar refractivity (Wildman–Crippen MR) is 48.6 cm³/mol. The Bertz CT molecular complexity index is 197. The molecule has 0 aliphatic carbocycles. The Morgan fingerprint density at radius 1 is 1.43 bits per heavy atom. The van der Waals surface area contributed by atoms with Gasteiger partial charge in [0.1, 0.15) is 11.4 Å². The van der Waals surface area contributed by atoms with Crippen molar-refractivity contribution < 1.29 is 44.6 Å². The SMILES string of the molecule is CC(N)=NNC(=O)OC(C)(C)C.[Na+].[OH-]. The molecular formula is C7H16N3NaO3. The Labute approximate surface area is 106 Å². The number of hydrogen-bond donors (Lipinski definition) is 2. The van der Waals surface area contributed by atoms with Crippen molar-refractivity contribution in [2.75, 3.05) is 0 Å². The maximum atomic E-state index is 10.9. The van der Waals surface area contributed by atoms with E-state index >= 15 is 0 Å². The van der Waals surface area contributed by atoms with E-state index in [1.165, 1.54) is 0 Å². The molecule has 0 saturated carbocycles. The van der Waals surface area contributed by atoms with Crippen LogP contribution in [0.4, 0.5) is 4.79 Å². The second kappa shape index (κ2) is 8.05. The number of rotatable bonds is 1. The number of ether oxygens (including phenoxy) is 1. The van der Waals surface area contributed by atoms with Crippen molar-refractivity contribution in [3.05, 3.63) is 0 Å². The van der Waals surface area contributed by atoms with Gasteiger partial charge in [-0.25, -0.2) is 10.2 Å². The second-order valence-corrected chi connectivity index (χ2v) is 3.37. The summed E-state index contributed by atoms with van der Waals surface area (Å²) in [6.45, 7) is 6.88. The maximum Gasteiger partial charge on any atom is 1.00 e. The molecule has 0 saturated heterocycles. The van der Waals surface area contributed by atoms with E-state index in [1.54, 1.807) is 27.7 Å². The molecule has 0 radical (unpaired) electrons. The van der Waals surface area contributed by atoms with Crippen LogP contribution in [0.15, 0.2) is 5.10 Å². The molecule has 0 aliphatic heterocycles. The maximum absolute atomic E-state index is 10.9. The summed E-state index contributed by atoms with van der Waals surface area (Å²) in [6, 6.07) is 0. The van der Waals surface area contributed by atoms with Gasteiger partial charge in [-0.2, -0.15) is 5.10 Å². The van der Waals surface area contributed by atoms with Crippen molar-refractivity contribution in [1.82, 2.24) is 5.43 Å². The minimum atomic E-state index is -0.604. The summed E-state index contributed by atoms with van der Waals surface area (Å²) in [5.74, 6) is 0.279. The van der Waals surface area contributed by atoms with Gasteiger partial charge in [0.25, 0.3) is 0 Å². The fourth-order valence-corrected chi connectivity index (χ4v) is 0.435. The van der Waals surface area contributed by atoms with Gasteiger partial charge in [0.05, 0.1) is 0 Å². The molecule has 0 bridgehead atoms. The van der Waals surface area contributed by atoms with Crippen LogP contribution in [0.25, 0.3) is 0 Å². The molecule has 4 N–H and O–H groups in total. The van der Waals surface area contributed by atoms with E-state index in [1.807, 2.05) is 0 Å². The molecule has 0 aromatic rings. The predicted octanol–water partition coefficient (Wildman–Crippen LogP) is -2.37. The molecule has 7 heteroatoms. The number of nitrogens with one attached hydrogen (secondary N) is 1. The molecule has 1 amide bonds. The third-order valence-electron chi connectivity index (χ3n) is 0.722. The van der Waals surface area contributed by atoms with Crippen LogP contribution in [0.3, 0.4) is 0 Å². The first-order chi connectivity index (χ1) is 5.31. The van der Waals surface area contributed by atoms with Crippen molar-refractivity contribution in [1.29, 1.82) is 0 Å². The van der Waals surface area contributed by atoms with Crippen molar-refractivity contribution in [3.8, 4) is 0 Å². The smallest absolute Gasteiger partial charge is 0.870 e. The molecule has 0 aromatic carbocycles. The van der Waals surface area contributed by atoms with Crippen molar-refractivity contribution in [3.63, 3.8) is 0 Å². The Morgan fingerprint density at radius 2 is 1.86 bits per heavy atom. The average molecular weight is 213 g/mol. The van der Waals surface area contributed by atoms with Gasteiger partial charge in [0, 0.05) is 0 Å². The van der Waals surface area contributed by atoms with Gasteiger partial charge in [0.15, 0.2) is 0 Å². The Balaban J connectivity index is -0.000000605. The first-order valence-corrected chi connectivity index (χ1v) is 3.60. The normalized spacial score (nSPS) is 10.7. The molecular weight excluding hydrogens is 197 g/mol. The quantitative estimate of drug-likeness (QED) is 0.220. The molecule has 0 atom stereocenters. The molecule has 0 fully saturated rings. The van der Waals surface area contributed by atoms with Crippen molar-refractivity contribution in [2.24, 2.45) is 10.8 Å². The van der Waals surface area contributed by atoms with E-state index in [2.05, 4.69) is 10.5 Å². The number of hydrogen-bond acceptors (Lipinski definition) is 4. The molecule has 78 valence electrons. The van der Waals surface area contributed by atoms with Crippen LogP contribution in [0.5, 0.6) is 0 Å². The van der Waals surface area contributed by atoms with Gasteiger partial charge < -0.3 is 15.9 Å². The fraction of sp³-hybridized carbons (Fsp3) is 0.714. The number of amides is 1. The van der Waals surface area contributed by atoms with Crippen LogP contribution >= 0.6 is 0 Å². The molecule has 0 unspecified atom stereocenters. The molecule has 0 aliphatic rings. The number of nitrogens with zero attached hydrogens (tertiary/aromatic N) is 1. The summed E-state index contributed by atoms with van der Waals surface area (Å²) in [7, 11) is 0. The van der Waals surface area contributed by atoms with Crippen LogP contribution in [-0.4, -0.2) is 23.0 Å². The van der Waals surface area contributed by atoms with Crippen LogP contribution in [-0.2, 0) is 4.74 Å². The van der Waals surface area contributed by atoms with Crippen LogP contribution in [0.2, 0.25) is 0 Å². The number of carbonyl (C=O) groups excluding carboxylic acids is 1. The van der Waals surface area contributed by atoms with E-state index in [4.69, 9.17) is 10.5 Å². The van der Waals surface area contributed by atoms with E-state index in [9.17, 15) is 4.79 Å². The summed E-state index contributed by atoms with van der Waals surface area (Å²) in [6.07, 6.45) is -0.604. The molecule has 0 spiro atoms. The molecule has 0 aromatic heterocycles. The van der Waals surface area contributed by atoms with Gasteiger partial charge in [0.2, 0.25) is 0 Å². The third-order valence-corrected chi connectivity index (χ3v) is 0.722. The number of amidine groups is 1. The first kappa shape index (κ1) is 19.3. The van der Waals surface area contributed by atoms with Gasteiger partial charge in [-0.3, -0.25) is 0 Å².